The van der Waals surface area contributed by atoms with Crippen LogP contribution in [0.3, 0.4) is 0 Å². The number of carbonyl (C=O) groups is 3. The molecule has 24 heavy (non-hydrogen) atoms. The second-order valence-electron chi connectivity index (χ2n) is 5.30. The van der Waals surface area contributed by atoms with Gasteiger partial charge in [0.15, 0.2) is 0 Å². The molecule has 138 valence electrons. The van der Waals surface area contributed by atoms with E-state index in [0.717, 1.165) is 6.92 Å². The van der Waals surface area contributed by atoms with Crippen LogP contribution in [-0.2, 0) is 14.4 Å². The molecule has 11 heteroatoms. The molecule has 0 fully saturated rings. The molecule has 0 aliphatic heterocycles. The third kappa shape index (κ3) is 7.31. The van der Waals surface area contributed by atoms with Crippen LogP contribution in [0.1, 0.15) is 33.1 Å². The smallest absolute Gasteiger partial charge is 0.337 e. The number of aliphatic carboxylic acids is 1. The molecular formula is C13H26N4O6P+. The number of hydrogen-bond donors (Lipinski definition) is 7. The second kappa shape index (κ2) is 10.3. The van der Waals surface area contributed by atoms with Gasteiger partial charge < -0.3 is 21.1 Å². The van der Waals surface area contributed by atoms with Crippen molar-refractivity contribution < 1.29 is 29.3 Å². The minimum absolute atomic E-state index is 0.00257. The fourth-order valence-electron chi connectivity index (χ4n) is 1.90. The van der Waals surface area contributed by atoms with Crippen LogP contribution in [0, 0.1) is 5.41 Å². The van der Waals surface area contributed by atoms with Gasteiger partial charge in [-0.3, -0.25) is 19.8 Å². The molecule has 0 rings (SSSR count). The van der Waals surface area contributed by atoms with Crippen LogP contribution in [0.25, 0.3) is 0 Å². The van der Waals surface area contributed by atoms with E-state index in [4.69, 9.17) is 10.5 Å². The highest BCUT2D eigenvalue weighted by Crippen LogP contribution is 2.55. The predicted octanol–water partition coefficient (Wildman–Crippen LogP) is -0.763. The van der Waals surface area contributed by atoms with Crippen molar-refractivity contribution in [2.75, 3.05) is 13.6 Å². The summed E-state index contributed by atoms with van der Waals surface area (Å²) >= 11 is 0. The number of carboxylic acid groups (broad SMARTS) is 1. The number of nitrogens with one attached hydrogen (secondary N) is 4. The maximum absolute atomic E-state index is 12.3. The molecule has 2 amide bonds. The van der Waals surface area contributed by atoms with Gasteiger partial charge in [-0.2, -0.15) is 0 Å². The molecule has 0 radical (unpaired) electrons. The number of hydrogen-bond acceptors (Lipinski definition) is 7. The van der Waals surface area contributed by atoms with Gasteiger partial charge in [-0.1, -0.05) is 13.3 Å². The minimum Gasteiger partial charge on any atom is -0.481 e. The summed E-state index contributed by atoms with van der Waals surface area (Å²) in [5.41, 5.74) is -0.500. The Morgan fingerprint density at radius 2 is 1.79 bits per heavy atom. The Balaban J connectivity index is 5.19. The van der Waals surface area contributed by atoms with E-state index in [1.807, 2.05) is 0 Å². The van der Waals surface area contributed by atoms with E-state index in [1.54, 1.807) is 14.0 Å². The van der Waals surface area contributed by atoms with Gasteiger partial charge in [0.2, 0.25) is 23.1 Å². The van der Waals surface area contributed by atoms with Crippen molar-refractivity contribution in [1.82, 2.24) is 16.0 Å². The lowest BCUT2D eigenvalue weighted by Gasteiger charge is -2.24. The summed E-state index contributed by atoms with van der Waals surface area (Å²) in [5, 5.41) is 23.7. The van der Waals surface area contributed by atoms with Crippen LogP contribution in [-0.4, -0.2) is 63.5 Å². The van der Waals surface area contributed by atoms with E-state index < -0.39 is 49.2 Å². The van der Waals surface area contributed by atoms with Crippen molar-refractivity contribution in [3.63, 3.8) is 0 Å². The molecule has 0 saturated carbocycles. The first-order valence-corrected chi connectivity index (χ1v) is 9.18. The molecule has 0 aliphatic carbocycles. The van der Waals surface area contributed by atoms with Crippen molar-refractivity contribution in [1.29, 1.82) is 5.41 Å². The SMILES string of the molecule is CCC[C@H](NC(=O)CNC)C(=O)NC(CC(=O)O)[P+](O)(O)C(C)=N. The molecule has 0 bridgehead atoms. The molecule has 0 aromatic rings. The molecule has 0 spiro atoms. The van der Waals surface area contributed by atoms with E-state index in [1.165, 1.54) is 0 Å². The topological polar surface area (TPSA) is 172 Å². The van der Waals surface area contributed by atoms with Crippen molar-refractivity contribution >= 4 is 31.0 Å². The monoisotopic (exact) mass is 365 g/mol. The zero-order chi connectivity index (χ0) is 18.9. The summed E-state index contributed by atoms with van der Waals surface area (Å²) in [5.74, 6) is -4.00. The maximum atomic E-state index is 12.3. The molecule has 0 saturated heterocycles. The zero-order valence-corrected chi connectivity index (χ0v) is 14.9. The van der Waals surface area contributed by atoms with Gasteiger partial charge in [0, 0.05) is 6.92 Å². The van der Waals surface area contributed by atoms with Crippen molar-refractivity contribution in [3.8, 4) is 0 Å². The Hall–Kier alpha value is -1.61. The standard InChI is InChI=1S/C13H25N4O6P/c1-4-5-9(16-10(18)7-15-3)13(21)17-11(6-12(19)20)24(22,23)8(2)14/h9,11,14-15,22-23H,4-7H2,1-3H3,(H2-,16,17,18,19,20,21)/p+1/t9-,11?/m0/s1. The predicted molar refractivity (Wildman–Crippen MR) is 89.7 cm³/mol. The highest BCUT2D eigenvalue weighted by Gasteiger charge is 2.49. The Morgan fingerprint density at radius 1 is 1.21 bits per heavy atom. The van der Waals surface area contributed by atoms with Crippen molar-refractivity contribution in [3.05, 3.63) is 0 Å². The van der Waals surface area contributed by atoms with Gasteiger partial charge in [0.25, 0.3) is 0 Å². The first-order chi connectivity index (χ1) is 11.1. The Labute approximate surface area is 141 Å². The van der Waals surface area contributed by atoms with Gasteiger partial charge in [0.1, 0.15) is 12.5 Å². The Bertz CT molecular complexity index is 485. The van der Waals surface area contributed by atoms with Crippen LogP contribution in [0.4, 0.5) is 0 Å². The largest absolute Gasteiger partial charge is 0.481 e. The molecule has 0 heterocycles. The van der Waals surface area contributed by atoms with Crippen molar-refractivity contribution in [2.45, 2.75) is 44.9 Å². The van der Waals surface area contributed by atoms with E-state index in [9.17, 15) is 24.2 Å². The molecule has 0 aromatic carbocycles. The lowest BCUT2D eigenvalue weighted by Crippen LogP contribution is -2.52. The molecular weight excluding hydrogens is 339 g/mol. The first kappa shape index (κ1) is 22.4. The van der Waals surface area contributed by atoms with Crippen molar-refractivity contribution in [2.24, 2.45) is 0 Å². The summed E-state index contributed by atoms with van der Waals surface area (Å²) in [6.07, 6.45) is 0.128. The normalized spacial score (nSPS) is 13.7. The van der Waals surface area contributed by atoms with Crippen LogP contribution in [0.15, 0.2) is 0 Å². The summed E-state index contributed by atoms with van der Waals surface area (Å²) in [6, 6.07) is -0.932. The van der Waals surface area contributed by atoms with Crippen LogP contribution in [0.5, 0.6) is 0 Å². The van der Waals surface area contributed by atoms with E-state index >= 15 is 0 Å². The van der Waals surface area contributed by atoms with Crippen LogP contribution < -0.4 is 16.0 Å². The van der Waals surface area contributed by atoms with Crippen LogP contribution in [0.2, 0.25) is 0 Å². The number of rotatable bonds is 11. The van der Waals surface area contributed by atoms with E-state index in [0.29, 0.717) is 12.8 Å². The van der Waals surface area contributed by atoms with Gasteiger partial charge in [0.05, 0.1) is 6.54 Å². The summed E-state index contributed by atoms with van der Waals surface area (Å²) in [6.45, 7) is 2.94. The highest BCUT2D eigenvalue weighted by molar-refractivity contribution is 7.81. The maximum Gasteiger partial charge on any atom is 0.337 e. The zero-order valence-electron chi connectivity index (χ0n) is 14.0. The van der Waals surface area contributed by atoms with Gasteiger partial charge >= 0.3 is 13.7 Å². The van der Waals surface area contributed by atoms with Crippen LogP contribution >= 0.6 is 7.72 Å². The Kier molecular flexibility index (Phi) is 9.60. The minimum atomic E-state index is -4.09. The van der Waals surface area contributed by atoms with Gasteiger partial charge in [-0.15, -0.1) is 0 Å². The average Bonchev–Trinajstić information content (AvgIpc) is 2.45. The lowest BCUT2D eigenvalue weighted by atomic mass is 10.1. The molecule has 7 N–H and O–H groups in total. The summed E-state index contributed by atoms with van der Waals surface area (Å²) in [7, 11) is -2.52. The fraction of sp³-hybridized carbons (Fsp3) is 0.692. The summed E-state index contributed by atoms with van der Waals surface area (Å²) < 4.78 is 0. The van der Waals surface area contributed by atoms with Gasteiger partial charge in [-0.05, 0) is 13.5 Å². The molecule has 10 nitrogen and oxygen atoms in total. The summed E-state index contributed by atoms with van der Waals surface area (Å²) in [4.78, 5) is 54.9. The second-order valence-corrected chi connectivity index (χ2v) is 7.89. The number of carbonyl (C=O) groups excluding carboxylic acids is 2. The van der Waals surface area contributed by atoms with E-state index in [2.05, 4.69) is 16.0 Å². The third-order valence-corrected chi connectivity index (χ3v) is 5.34. The molecule has 0 aliphatic rings. The fourth-order valence-corrected chi connectivity index (χ4v) is 3.08. The Morgan fingerprint density at radius 3 is 2.21 bits per heavy atom. The molecule has 2 atom stereocenters. The highest BCUT2D eigenvalue weighted by atomic mass is 31.2. The van der Waals surface area contributed by atoms with Gasteiger partial charge in [-0.25, -0.2) is 9.79 Å². The van der Waals surface area contributed by atoms with E-state index in [-0.39, 0.29) is 6.54 Å². The number of carboxylic acids is 1. The number of amides is 2. The quantitative estimate of drug-likeness (QED) is 0.186. The third-order valence-electron chi connectivity index (χ3n) is 3.17. The average molecular weight is 365 g/mol. The first-order valence-electron chi connectivity index (χ1n) is 7.42. The lowest BCUT2D eigenvalue weighted by molar-refractivity contribution is -0.137. The molecule has 1 unspecified atom stereocenters. The number of likely N-dealkylation sites (N-methyl/N-ethyl adjacent to an activating group) is 1. The molecule has 0 aromatic heterocycles.